The molecule has 1 amide bonds. The van der Waals surface area contributed by atoms with Gasteiger partial charge < -0.3 is 9.88 Å². The highest BCUT2D eigenvalue weighted by atomic mass is 32.2. The van der Waals surface area contributed by atoms with E-state index in [1.807, 2.05) is 42.5 Å². The molecule has 1 N–H and O–H groups in total. The Balaban J connectivity index is 1.34. The number of anilines is 1. The number of amides is 1. The number of benzene rings is 2. The van der Waals surface area contributed by atoms with Gasteiger partial charge in [0.15, 0.2) is 9.50 Å². The van der Waals surface area contributed by atoms with Crippen molar-refractivity contribution in [1.82, 2.24) is 19.7 Å². The van der Waals surface area contributed by atoms with Crippen molar-refractivity contribution in [2.75, 3.05) is 11.1 Å². The van der Waals surface area contributed by atoms with Crippen molar-refractivity contribution in [3.05, 3.63) is 59.9 Å². The maximum absolute atomic E-state index is 12.3. The second-order valence-corrected chi connectivity index (χ2v) is 9.96. The Labute approximate surface area is 193 Å². The molecule has 0 unspecified atom stereocenters. The molecule has 0 aliphatic carbocycles. The zero-order chi connectivity index (χ0) is 21.6. The predicted molar refractivity (Wildman–Crippen MR) is 130 cm³/mol. The highest BCUT2D eigenvalue weighted by molar-refractivity contribution is 8.00. The number of nitrogens with zero attached hydrogens (tertiary/aromatic N) is 4. The number of carbonyl (C=O) groups is 1. The average Bonchev–Trinajstić information content (AvgIpc) is 3.39. The number of fused-ring (bicyclic) bond motifs is 1. The second-order valence-electron chi connectivity index (χ2n) is 6.77. The number of nitrogens with one attached hydrogen (secondary N) is 1. The van der Waals surface area contributed by atoms with Gasteiger partial charge in [-0.05, 0) is 43.2 Å². The van der Waals surface area contributed by atoms with Crippen molar-refractivity contribution in [3.8, 4) is 0 Å². The zero-order valence-electron chi connectivity index (χ0n) is 17.4. The minimum Gasteiger partial charge on any atom is -0.325 e. The third-order valence-electron chi connectivity index (χ3n) is 4.69. The van der Waals surface area contributed by atoms with Crippen LogP contribution in [0.5, 0.6) is 0 Å². The molecule has 2 aromatic carbocycles. The number of para-hydroxylation sites is 1. The Morgan fingerprint density at radius 2 is 1.87 bits per heavy atom. The van der Waals surface area contributed by atoms with Gasteiger partial charge in [0.05, 0.1) is 21.7 Å². The van der Waals surface area contributed by atoms with E-state index in [2.05, 4.69) is 45.0 Å². The molecular formula is C22H23N5OS3. The first-order chi connectivity index (χ1) is 15.2. The fourth-order valence-corrected chi connectivity index (χ4v) is 5.87. The smallest absolute Gasteiger partial charge is 0.234 e. The fraction of sp³-hybridized carbons (Fsp3) is 0.273. The minimum absolute atomic E-state index is 0.0506. The molecular weight excluding hydrogens is 446 g/mol. The van der Waals surface area contributed by atoms with E-state index in [4.69, 9.17) is 0 Å². The predicted octanol–water partition coefficient (Wildman–Crippen LogP) is 5.49. The van der Waals surface area contributed by atoms with Crippen molar-refractivity contribution in [1.29, 1.82) is 0 Å². The monoisotopic (exact) mass is 469 g/mol. The summed E-state index contributed by atoms with van der Waals surface area (Å²) in [7, 11) is 0. The van der Waals surface area contributed by atoms with Gasteiger partial charge in [-0.1, -0.05) is 54.7 Å². The summed E-state index contributed by atoms with van der Waals surface area (Å²) in [5.41, 5.74) is 3.09. The molecule has 0 aliphatic heterocycles. The molecule has 6 nitrogen and oxygen atoms in total. The summed E-state index contributed by atoms with van der Waals surface area (Å²) in [5, 5.41) is 12.4. The average molecular weight is 470 g/mol. The van der Waals surface area contributed by atoms with Crippen molar-refractivity contribution < 1.29 is 4.79 Å². The summed E-state index contributed by atoms with van der Waals surface area (Å²) in [6.45, 7) is 4.93. The van der Waals surface area contributed by atoms with Crippen LogP contribution in [-0.4, -0.2) is 31.4 Å². The number of thioether (sulfide) groups is 2. The molecule has 0 spiro atoms. The van der Waals surface area contributed by atoms with Crippen LogP contribution in [-0.2, 0) is 23.5 Å². The number of aromatic nitrogens is 4. The maximum Gasteiger partial charge on any atom is 0.234 e. The lowest BCUT2D eigenvalue weighted by Gasteiger charge is -2.08. The topological polar surface area (TPSA) is 72.7 Å². The molecule has 2 heterocycles. The Morgan fingerprint density at radius 3 is 2.61 bits per heavy atom. The molecule has 4 aromatic rings. The summed E-state index contributed by atoms with van der Waals surface area (Å²) in [5.74, 6) is 1.82. The van der Waals surface area contributed by atoms with Crippen LogP contribution >= 0.6 is 34.9 Å². The molecule has 0 atom stereocenters. The van der Waals surface area contributed by atoms with Gasteiger partial charge in [0.25, 0.3) is 0 Å². The molecule has 0 bridgehead atoms. The highest BCUT2D eigenvalue weighted by Crippen LogP contribution is 2.31. The summed E-state index contributed by atoms with van der Waals surface area (Å²) >= 11 is 4.77. The van der Waals surface area contributed by atoms with Crippen LogP contribution in [0.1, 0.15) is 25.2 Å². The van der Waals surface area contributed by atoms with E-state index in [9.17, 15) is 4.79 Å². The minimum atomic E-state index is -0.0506. The zero-order valence-corrected chi connectivity index (χ0v) is 19.8. The lowest BCUT2D eigenvalue weighted by Crippen LogP contribution is -2.14. The Hall–Kier alpha value is -2.36. The van der Waals surface area contributed by atoms with E-state index in [1.54, 1.807) is 23.1 Å². The number of aryl methyl sites for hydroxylation is 1. The first kappa shape index (κ1) is 21.9. The number of hydrogen-bond donors (Lipinski definition) is 1. The summed E-state index contributed by atoms with van der Waals surface area (Å²) in [4.78, 5) is 17.0. The van der Waals surface area contributed by atoms with Gasteiger partial charge in [-0.3, -0.25) is 4.79 Å². The van der Waals surface area contributed by atoms with Crippen molar-refractivity contribution in [2.45, 2.75) is 42.1 Å². The Bertz CT molecular complexity index is 1140. The first-order valence-corrected chi connectivity index (χ1v) is 12.9. The molecule has 4 rings (SSSR count). The fourth-order valence-electron chi connectivity index (χ4n) is 3.04. The summed E-state index contributed by atoms with van der Waals surface area (Å²) in [6.07, 6.45) is 0.982. The van der Waals surface area contributed by atoms with E-state index < -0.39 is 0 Å². The molecule has 31 heavy (non-hydrogen) atoms. The highest BCUT2D eigenvalue weighted by Gasteiger charge is 2.14. The third-order valence-corrected chi connectivity index (χ3v) is 7.83. The van der Waals surface area contributed by atoms with Gasteiger partial charge in [-0.15, -0.1) is 21.5 Å². The second kappa shape index (κ2) is 10.3. The number of thiazole rings is 1. The van der Waals surface area contributed by atoms with Gasteiger partial charge >= 0.3 is 0 Å². The maximum atomic E-state index is 12.3. The number of carbonyl (C=O) groups excluding carboxylic acids is 1. The van der Waals surface area contributed by atoms with E-state index in [1.165, 1.54) is 22.0 Å². The van der Waals surface area contributed by atoms with Gasteiger partial charge in [0.1, 0.15) is 5.82 Å². The molecule has 0 aliphatic rings. The normalized spacial score (nSPS) is 11.2. The summed E-state index contributed by atoms with van der Waals surface area (Å²) < 4.78 is 4.27. The van der Waals surface area contributed by atoms with E-state index in [0.29, 0.717) is 11.5 Å². The van der Waals surface area contributed by atoms with Crippen molar-refractivity contribution >= 4 is 56.7 Å². The molecule has 160 valence electrons. The standard InChI is InChI=1S/C22H23N5OS3/c1-3-15-9-11-16(12-10-15)23-20(28)14-29-21-26-25-19(27(21)4-2)13-30-22-24-17-7-5-6-8-18(17)31-22/h5-12H,3-4,13-14H2,1-2H3,(H,23,28). The number of hydrogen-bond acceptors (Lipinski definition) is 7. The van der Waals surface area contributed by atoms with Crippen molar-refractivity contribution in [2.24, 2.45) is 0 Å². The van der Waals surface area contributed by atoms with Crippen LogP contribution in [0.4, 0.5) is 5.69 Å². The molecule has 0 fully saturated rings. The number of rotatable bonds is 9. The van der Waals surface area contributed by atoms with Crippen LogP contribution in [0.3, 0.4) is 0 Å². The molecule has 9 heteroatoms. The first-order valence-electron chi connectivity index (χ1n) is 10.1. The quantitative estimate of drug-likeness (QED) is 0.327. The van der Waals surface area contributed by atoms with E-state index >= 15 is 0 Å². The molecule has 0 radical (unpaired) electrons. The Kier molecular flexibility index (Phi) is 7.26. The van der Waals surface area contributed by atoms with Gasteiger partial charge in [0.2, 0.25) is 5.91 Å². The van der Waals surface area contributed by atoms with Gasteiger partial charge in [-0.2, -0.15) is 0 Å². The lowest BCUT2D eigenvalue weighted by atomic mass is 10.1. The van der Waals surface area contributed by atoms with E-state index in [-0.39, 0.29) is 5.91 Å². The molecule has 0 saturated heterocycles. The SMILES string of the molecule is CCc1ccc(NC(=O)CSc2nnc(CSc3nc4ccccc4s3)n2CC)cc1. The summed E-state index contributed by atoms with van der Waals surface area (Å²) in [6, 6.07) is 16.1. The van der Waals surface area contributed by atoms with E-state index in [0.717, 1.165) is 39.5 Å². The van der Waals surface area contributed by atoms with Gasteiger partial charge in [-0.25, -0.2) is 4.98 Å². The molecule has 2 aromatic heterocycles. The van der Waals surface area contributed by atoms with Crippen LogP contribution in [0, 0.1) is 0 Å². The van der Waals surface area contributed by atoms with Gasteiger partial charge in [0, 0.05) is 12.2 Å². The van der Waals surface area contributed by atoms with Crippen LogP contribution in [0.15, 0.2) is 58.0 Å². The lowest BCUT2D eigenvalue weighted by molar-refractivity contribution is -0.113. The van der Waals surface area contributed by atoms with Crippen LogP contribution in [0.2, 0.25) is 0 Å². The van der Waals surface area contributed by atoms with Crippen LogP contribution in [0.25, 0.3) is 10.2 Å². The largest absolute Gasteiger partial charge is 0.325 e. The molecule has 0 saturated carbocycles. The van der Waals surface area contributed by atoms with Crippen LogP contribution < -0.4 is 5.32 Å². The van der Waals surface area contributed by atoms with Crippen molar-refractivity contribution in [3.63, 3.8) is 0 Å². The third kappa shape index (κ3) is 5.47. The Morgan fingerprint density at radius 1 is 1.06 bits per heavy atom.